The molecule has 0 radical (unpaired) electrons. The Hall–Kier alpha value is -0.860. The molecule has 0 aliphatic carbocycles. The third-order valence-corrected chi connectivity index (χ3v) is 3.40. The number of rotatable bonds is 8. The minimum Gasteiger partial charge on any atom is -0.308 e. The summed E-state index contributed by atoms with van der Waals surface area (Å²) in [7, 11) is 0. The normalized spacial score (nSPS) is 12.1. The Labute approximate surface area is 125 Å². The van der Waals surface area contributed by atoms with Gasteiger partial charge in [0, 0.05) is 18.6 Å². The van der Waals surface area contributed by atoms with Crippen LogP contribution in [0.3, 0.4) is 0 Å². The van der Waals surface area contributed by atoms with E-state index in [9.17, 15) is 0 Å². The van der Waals surface area contributed by atoms with Gasteiger partial charge in [-0.05, 0) is 57.8 Å². The number of nitrogens with one attached hydrogen (secondary N) is 1. The highest BCUT2D eigenvalue weighted by atomic mass is 15.1. The fraction of sp³-hybridized carbons (Fsp3) is 0.667. The van der Waals surface area contributed by atoms with Crippen molar-refractivity contribution in [2.45, 2.75) is 66.1 Å². The lowest BCUT2D eigenvalue weighted by atomic mass is 10.0. The van der Waals surface area contributed by atoms with Crippen LogP contribution in [-0.2, 0) is 13.1 Å². The van der Waals surface area contributed by atoms with Crippen LogP contribution in [0, 0.1) is 0 Å². The van der Waals surface area contributed by atoms with Crippen LogP contribution in [-0.4, -0.2) is 23.5 Å². The van der Waals surface area contributed by atoms with Crippen molar-refractivity contribution < 1.29 is 0 Å². The highest BCUT2D eigenvalue weighted by Crippen LogP contribution is 2.14. The van der Waals surface area contributed by atoms with Crippen molar-refractivity contribution in [2.24, 2.45) is 0 Å². The molecule has 0 amide bonds. The molecule has 114 valence electrons. The summed E-state index contributed by atoms with van der Waals surface area (Å²) >= 11 is 0. The van der Waals surface area contributed by atoms with Crippen LogP contribution in [0.2, 0.25) is 0 Å². The maximum absolute atomic E-state index is 3.60. The molecule has 0 spiro atoms. The average Bonchev–Trinajstić information content (AvgIpc) is 2.37. The van der Waals surface area contributed by atoms with E-state index in [1.165, 1.54) is 37.1 Å². The Morgan fingerprint density at radius 2 is 1.50 bits per heavy atom. The van der Waals surface area contributed by atoms with Crippen LogP contribution < -0.4 is 5.32 Å². The van der Waals surface area contributed by atoms with Gasteiger partial charge in [-0.1, -0.05) is 38.1 Å². The Kier molecular flexibility index (Phi) is 7.25. The molecule has 1 aromatic rings. The van der Waals surface area contributed by atoms with E-state index in [1.807, 2.05) is 0 Å². The minimum atomic E-state index is 0.166. The zero-order valence-corrected chi connectivity index (χ0v) is 14.0. The predicted octanol–water partition coefficient (Wildman–Crippen LogP) is 4.20. The molecule has 0 fully saturated rings. The van der Waals surface area contributed by atoms with Crippen molar-refractivity contribution in [3.63, 3.8) is 0 Å². The summed E-state index contributed by atoms with van der Waals surface area (Å²) in [6, 6.07) is 8.83. The van der Waals surface area contributed by atoms with Gasteiger partial charge in [0.05, 0.1) is 0 Å². The first-order valence-corrected chi connectivity index (χ1v) is 8.00. The number of benzene rings is 1. The topological polar surface area (TPSA) is 15.3 Å². The number of hydrogen-bond donors (Lipinski definition) is 1. The standard InChI is InChI=1S/C18H32N2/c1-6-12-20(13-7-2)15-17-11-9-8-10-16(17)14-19-18(3,4)5/h8-11,19H,6-7,12-15H2,1-5H3. The highest BCUT2D eigenvalue weighted by Gasteiger charge is 2.11. The second kappa shape index (κ2) is 8.43. The second-order valence-electron chi connectivity index (χ2n) is 6.65. The summed E-state index contributed by atoms with van der Waals surface area (Å²) in [5.41, 5.74) is 3.06. The molecule has 2 nitrogen and oxygen atoms in total. The van der Waals surface area contributed by atoms with Gasteiger partial charge in [-0.25, -0.2) is 0 Å². The Morgan fingerprint density at radius 3 is 2.00 bits per heavy atom. The van der Waals surface area contributed by atoms with Gasteiger partial charge in [-0.3, -0.25) is 4.90 Å². The fourth-order valence-corrected chi connectivity index (χ4v) is 2.39. The molecule has 0 aliphatic heterocycles. The van der Waals surface area contributed by atoms with E-state index in [2.05, 4.69) is 69.1 Å². The molecule has 0 unspecified atom stereocenters. The summed E-state index contributed by atoms with van der Waals surface area (Å²) < 4.78 is 0. The van der Waals surface area contributed by atoms with Gasteiger partial charge in [-0.2, -0.15) is 0 Å². The van der Waals surface area contributed by atoms with Crippen molar-refractivity contribution in [3.8, 4) is 0 Å². The summed E-state index contributed by atoms with van der Waals surface area (Å²) in [4.78, 5) is 2.57. The molecule has 0 heterocycles. The Balaban J connectivity index is 2.73. The van der Waals surface area contributed by atoms with E-state index in [0.29, 0.717) is 0 Å². The third kappa shape index (κ3) is 6.53. The first-order valence-electron chi connectivity index (χ1n) is 8.00. The van der Waals surface area contributed by atoms with Crippen molar-refractivity contribution in [3.05, 3.63) is 35.4 Å². The van der Waals surface area contributed by atoms with Gasteiger partial charge in [0.2, 0.25) is 0 Å². The van der Waals surface area contributed by atoms with Crippen LogP contribution in [0.5, 0.6) is 0 Å². The van der Waals surface area contributed by atoms with Gasteiger partial charge in [0.15, 0.2) is 0 Å². The third-order valence-electron chi connectivity index (χ3n) is 3.40. The van der Waals surface area contributed by atoms with Crippen molar-refractivity contribution in [1.82, 2.24) is 10.2 Å². The van der Waals surface area contributed by atoms with Gasteiger partial charge in [0.25, 0.3) is 0 Å². The van der Waals surface area contributed by atoms with E-state index in [0.717, 1.165) is 13.1 Å². The van der Waals surface area contributed by atoms with Crippen molar-refractivity contribution in [2.75, 3.05) is 13.1 Å². The first-order chi connectivity index (χ1) is 9.46. The lowest BCUT2D eigenvalue weighted by Crippen LogP contribution is -2.35. The monoisotopic (exact) mass is 276 g/mol. The largest absolute Gasteiger partial charge is 0.308 e. The van der Waals surface area contributed by atoms with Gasteiger partial charge < -0.3 is 5.32 Å². The van der Waals surface area contributed by atoms with Crippen molar-refractivity contribution in [1.29, 1.82) is 0 Å². The molecule has 1 aromatic carbocycles. The lowest BCUT2D eigenvalue weighted by Gasteiger charge is -2.25. The van der Waals surface area contributed by atoms with E-state index in [-0.39, 0.29) is 5.54 Å². The quantitative estimate of drug-likeness (QED) is 0.765. The van der Waals surface area contributed by atoms with Crippen LogP contribution >= 0.6 is 0 Å². The molecule has 0 saturated heterocycles. The second-order valence-corrected chi connectivity index (χ2v) is 6.65. The number of nitrogens with zero attached hydrogens (tertiary/aromatic N) is 1. The van der Waals surface area contributed by atoms with E-state index < -0.39 is 0 Å². The van der Waals surface area contributed by atoms with Crippen LogP contribution in [0.25, 0.3) is 0 Å². The lowest BCUT2D eigenvalue weighted by molar-refractivity contribution is 0.265. The van der Waals surface area contributed by atoms with E-state index in [4.69, 9.17) is 0 Å². The average molecular weight is 276 g/mol. The van der Waals surface area contributed by atoms with Gasteiger partial charge in [0.1, 0.15) is 0 Å². The summed E-state index contributed by atoms with van der Waals surface area (Å²) in [6.45, 7) is 15.6. The van der Waals surface area contributed by atoms with Crippen molar-refractivity contribution >= 4 is 0 Å². The summed E-state index contributed by atoms with van der Waals surface area (Å²) in [5.74, 6) is 0. The SMILES string of the molecule is CCCN(CCC)Cc1ccccc1CNC(C)(C)C. The molecule has 0 saturated carbocycles. The van der Waals surface area contributed by atoms with Gasteiger partial charge >= 0.3 is 0 Å². The van der Waals surface area contributed by atoms with Crippen LogP contribution in [0.15, 0.2) is 24.3 Å². The molecule has 1 rings (SSSR count). The smallest absolute Gasteiger partial charge is 0.0236 e. The molecular formula is C18H32N2. The molecule has 0 aromatic heterocycles. The first kappa shape index (κ1) is 17.2. The molecule has 2 heteroatoms. The molecule has 0 atom stereocenters. The van der Waals surface area contributed by atoms with Crippen LogP contribution in [0.4, 0.5) is 0 Å². The maximum Gasteiger partial charge on any atom is 0.0236 e. The Bertz CT molecular complexity index is 373. The highest BCUT2D eigenvalue weighted by molar-refractivity contribution is 5.27. The predicted molar refractivity (Wildman–Crippen MR) is 88.9 cm³/mol. The van der Waals surface area contributed by atoms with Gasteiger partial charge in [-0.15, -0.1) is 0 Å². The Morgan fingerprint density at radius 1 is 0.950 bits per heavy atom. The molecule has 20 heavy (non-hydrogen) atoms. The minimum absolute atomic E-state index is 0.166. The van der Waals surface area contributed by atoms with Crippen LogP contribution in [0.1, 0.15) is 58.6 Å². The molecule has 1 N–H and O–H groups in total. The molecule has 0 bridgehead atoms. The molecular weight excluding hydrogens is 244 g/mol. The van der Waals surface area contributed by atoms with E-state index in [1.54, 1.807) is 0 Å². The molecule has 0 aliphatic rings. The summed E-state index contributed by atoms with van der Waals surface area (Å²) in [5, 5.41) is 3.60. The van der Waals surface area contributed by atoms with E-state index >= 15 is 0 Å². The summed E-state index contributed by atoms with van der Waals surface area (Å²) in [6.07, 6.45) is 2.45. The number of hydrogen-bond acceptors (Lipinski definition) is 2. The zero-order valence-electron chi connectivity index (χ0n) is 14.0. The fourth-order valence-electron chi connectivity index (χ4n) is 2.39. The maximum atomic E-state index is 3.60. The zero-order chi connectivity index (χ0) is 15.0.